The fourth-order valence-electron chi connectivity index (χ4n) is 5.13. The first kappa shape index (κ1) is 28.4. The maximum Gasteiger partial charge on any atom is 0.330 e. The third-order valence-electron chi connectivity index (χ3n) is 7.64. The van der Waals surface area contributed by atoms with Crippen LogP contribution in [0.5, 0.6) is 0 Å². The molecule has 0 saturated carbocycles. The second-order valence-electron chi connectivity index (χ2n) is 10.7. The Morgan fingerprint density at radius 1 is 1.07 bits per heavy atom. The van der Waals surface area contributed by atoms with Crippen molar-refractivity contribution in [1.82, 2.24) is 19.8 Å². The predicted octanol–water partition coefficient (Wildman–Crippen LogP) is 4.13. The number of alkyl halides is 1. The van der Waals surface area contributed by atoms with Crippen LogP contribution in [0.4, 0.5) is 32.3 Å². The van der Waals surface area contributed by atoms with Crippen LogP contribution in [0.3, 0.4) is 0 Å². The Bertz CT molecular complexity index is 1410. The normalized spacial score (nSPS) is 16.0. The number of aryl methyl sites for hydroxylation is 1. The van der Waals surface area contributed by atoms with Crippen molar-refractivity contribution in [2.75, 3.05) is 73.8 Å². The van der Waals surface area contributed by atoms with Crippen LogP contribution in [0.2, 0.25) is 0 Å². The van der Waals surface area contributed by atoms with Gasteiger partial charge in [-0.1, -0.05) is 18.2 Å². The van der Waals surface area contributed by atoms with Crippen molar-refractivity contribution in [3.8, 4) is 0 Å². The van der Waals surface area contributed by atoms with Crippen molar-refractivity contribution < 1.29 is 14.0 Å². The second-order valence-corrected chi connectivity index (χ2v) is 10.7. The van der Waals surface area contributed by atoms with E-state index in [1.165, 1.54) is 11.0 Å². The lowest BCUT2D eigenvalue weighted by Gasteiger charge is -2.35. The summed E-state index contributed by atoms with van der Waals surface area (Å²) in [6.07, 6.45) is 2.75. The summed E-state index contributed by atoms with van der Waals surface area (Å²) in [6, 6.07) is 11.7. The molecule has 1 saturated heterocycles. The Kier molecular flexibility index (Phi) is 8.75. The molecular weight excluding hydrogens is 523 g/mol. The SMILES string of the molecule is Cc1ccc(NC(=O)c2cccc(CF)c2)cc1N1Cc2cnc(NCCCN3CCN(C)CC3)nc2N(C)C1=O. The Morgan fingerprint density at radius 2 is 1.88 bits per heavy atom. The first-order chi connectivity index (χ1) is 19.8. The van der Waals surface area contributed by atoms with Crippen LogP contribution < -0.4 is 20.4 Å². The number of piperazine rings is 1. The fraction of sp³-hybridized carbons (Fsp3) is 0.400. The number of halogens is 1. The maximum atomic E-state index is 13.5. The summed E-state index contributed by atoms with van der Waals surface area (Å²) in [4.78, 5) is 43.4. The molecule has 0 atom stereocenters. The zero-order valence-corrected chi connectivity index (χ0v) is 23.9. The second kappa shape index (κ2) is 12.6. The highest BCUT2D eigenvalue weighted by Crippen LogP contribution is 2.33. The molecule has 5 rings (SSSR count). The van der Waals surface area contributed by atoms with Crippen molar-refractivity contribution >= 4 is 35.1 Å². The molecule has 1 fully saturated rings. The van der Waals surface area contributed by atoms with E-state index in [0.29, 0.717) is 40.8 Å². The predicted molar refractivity (Wildman–Crippen MR) is 159 cm³/mol. The molecule has 0 aliphatic carbocycles. The molecule has 3 heterocycles. The Balaban J connectivity index is 1.24. The van der Waals surface area contributed by atoms with E-state index in [4.69, 9.17) is 0 Å². The molecule has 3 amide bonds. The number of aromatic nitrogens is 2. The van der Waals surface area contributed by atoms with Gasteiger partial charge >= 0.3 is 6.03 Å². The molecule has 2 aliphatic rings. The molecule has 3 aromatic rings. The molecule has 0 bridgehead atoms. The number of hydrogen-bond donors (Lipinski definition) is 2. The van der Waals surface area contributed by atoms with Crippen molar-refractivity contribution in [2.24, 2.45) is 0 Å². The number of fused-ring (bicyclic) bond motifs is 1. The Morgan fingerprint density at radius 3 is 2.66 bits per heavy atom. The largest absolute Gasteiger partial charge is 0.354 e. The summed E-state index contributed by atoms with van der Waals surface area (Å²) in [5.74, 6) is 0.741. The van der Waals surface area contributed by atoms with E-state index >= 15 is 0 Å². The molecule has 2 N–H and O–H groups in total. The molecule has 11 heteroatoms. The van der Waals surface area contributed by atoms with Gasteiger partial charge in [0, 0.05) is 62.8 Å². The van der Waals surface area contributed by atoms with Gasteiger partial charge in [0.25, 0.3) is 5.91 Å². The van der Waals surface area contributed by atoms with Gasteiger partial charge in [0.15, 0.2) is 0 Å². The number of nitrogens with zero attached hydrogens (tertiary/aromatic N) is 6. The molecule has 216 valence electrons. The molecule has 0 unspecified atom stereocenters. The number of hydrogen-bond acceptors (Lipinski definition) is 7. The first-order valence-electron chi connectivity index (χ1n) is 13.9. The average molecular weight is 561 g/mol. The van der Waals surface area contributed by atoms with Gasteiger partial charge in [-0.2, -0.15) is 4.98 Å². The third kappa shape index (κ3) is 6.63. The van der Waals surface area contributed by atoms with Crippen molar-refractivity contribution in [1.29, 1.82) is 0 Å². The molecule has 2 aliphatic heterocycles. The molecular formula is C30H37FN8O2. The molecule has 0 spiro atoms. The van der Waals surface area contributed by atoms with E-state index in [0.717, 1.165) is 56.8 Å². The van der Waals surface area contributed by atoms with E-state index < -0.39 is 6.67 Å². The summed E-state index contributed by atoms with van der Waals surface area (Å²) in [5, 5.41) is 6.17. The number of anilines is 4. The first-order valence-corrected chi connectivity index (χ1v) is 13.9. The van der Waals surface area contributed by atoms with Crippen molar-refractivity contribution in [2.45, 2.75) is 26.6 Å². The Labute approximate surface area is 240 Å². The van der Waals surface area contributed by atoms with Crippen molar-refractivity contribution in [3.63, 3.8) is 0 Å². The van der Waals surface area contributed by atoms with Crippen LogP contribution in [0, 0.1) is 6.92 Å². The van der Waals surface area contributed by atoms with Crippen LogP contribution in [0.15, 0.2) is 48.7 Å². The van der Waals surface area contributed by atoms with E-state index in [1.807, 2.05) is 13.0 Å². The van der Waals surface area contributed by atoms with Crippen LogP contribution >= 0.6 is 0 Å². The summed E-state index contributed by atoms with van der Waals surface area (Å²) in [7, 11) is 3.86. The third-order valence-corrected chi connectivity index (χ3v) is 7.64. The zero-order valence-electron chi connectivity index (χ0n) is 23.9. The van der Waals surface area contributed by atoms with Crippen molar-refractivity contribution in [3.05, 3.63) is 70.9 Å². The van der Waals surface area contributed by atoms with Crippen LogP contribution in [-0.4, -0.2) is 85.1 Å². The van der Waals surface area contributed by atoms with Gasteiger partial charge in [0.05, 0.1) is 12.2 Å². The highest BCUT2D eigenvalue weighted by Gasteiger charge is 2.31. The fourth-order valence-corrected chi connectivity index (χ4v) is 5.13. The number of carbonyl (C=O) groups is 2. The standard InChI is InChI=1S/C30H37FN8O2/c1-21-8-9-25(34-28(40)23-7-4-6-22(16-23)18-31)17-26(21)39-20-24-19-33-29(35-27(24)37(3)30(39)41)32-10-5-11-38-14-12-36(2)13-15-38/h4,6-9,16-17,19H,5,10-15,18,20H2,1-3H3,(H,34,40)(H,32,33,35). The number of urea groups is 1. The molecule has 10 nitrogen and oxygen atoms in total. The average Bonchev–Trinajstić information content (AvgIpc) is 2.99. The maximum absolute atomic E-state index is 13.5. The van der Waals surface area contributed by atoms with E-state index in [2.05, 4.69) is 37.4 Å². The van der Waals surface area contributed by atoms with Gasteiger partial charge in [-0.15, -0.1) is 0 Å². The number of amides is 3. The monoisotopic (exact) mass is 560 g/mol. The summed E-state index contributed by atoms with van der Waals surface area (Å²) in [6.45, 7) is 7.77. The summed E-state index contributed by atoms with van der Waals surface area (Å²) >= 11 is 0. The minimum Gasteiger partial charge on any atom is -0.354 e. The lowest BCUT2D eigenvalue weighted by Crippen LogP contribution is -2.46. The summed E-state index contributed by atoms with van der Waals surface area (Å²) < 4.78 is 13.1. The van der Waals surface area contributed by atoms with Crippen LogP contribution in [0.25, 0.3) is 0 Å². The van der Waals surface area contributed by atoms with Gasteiger partial charge in [0.1, 0.15) is 12.5 Å². The zero-order chi connectivity index (χ0) is 28.9. The number of nitrogens with one attached hydrogen (secondary N) is 2. The quantitative estimate of drug-likeness (QED) is 0.380. The number of benzene rings is 2. The lowest BCUT2D eigenvalue weighted by atomic mass is 10.1. The van der Waals surface area contributed by atoms with Crippen LogP contribution in [0.1, 0.15) is 33.5 Å². The van der Waals surface area contributed by atoms with Crippen LogP contribution in [-0.2, 0) is 13.2 Å². The minimum absolute atomic E-state index is 0.223. The molecule has 1 aromatic heterocycles. The van der Waals surface area contributed by atoms with Gasteiger partial charge in [-0.05, 0) is 62.3 Å². The Hall–Kier alpha value is -4.09. The van der Waals surface area contributed by atoms with Gasteiger partial charge in [-0.25, -0.2) is 14.2 Å². The molecule has 41 heavy (non-hydrogen) atoms. The van der Waals surface area contributed by atoms with Gasteiger partial charge < -0.3 is 20.4 Å². The lowest BCUT2D eigenvalue weighted by molar-refractivity contribution is 0.102. The minimum atomic E-state index is -0.639. The smallest absolute Gasteiger partial charge is 0.330 e. The topological polar surface area (TPSA) is 96.9 Å². The van der Waals surface area contributed by atoms with E-state index in [9.17, 15) is 14.0 Å². The van der Waals surface area contributed by atoms with E-state index in [1.54, 1.807) is 48.5 Å². The summed E-state index contributed by atoms with van der Waals surface area (Å²) in [5.41, 5.74) is 3.72. The highest BCUT2D eigenvalue weighted by molar-refractivity contribution is 6.07. The number of likely N-dealkylation sites (N-methyl/N-ethyl adjacent to an activating group) is 1. The van der Waals surface area contributed by atoms with E-state index in [-0.39, 0.29) is 11.9 Å². The number of rotatable bonds is 9. The highest BCUT2D eigenvalue weighted by atomic mass is 19.1. The molecule has 0 radical (unpaired) electrons. The number of carbonyl (C=O) groups excluding carboxylic acids is 2. The van der Waals surface area contributed by atoms with Gasteiger partial charge in [-0.3, -0.25) is 14.6 Å². The molecule has 2 aromatic carbocycles. The van der Waals surface area contributed by atoms with Gasteiger partial charge in [0.2, 0.25) is 5.95 Å².